The third kappa shape index (κ3) is 3.85. The lowest BCUT2D eigenvalue weighted by Gasteiger charge is -2.09. The number of aromatic amines is 1. The fraction of sp³-hybridized carbons (Fsp3) is 0.0556. The van der Waals surface area contributed by atoms with E-state index in [0.29, 0.717) is 27.1 Å². The van der Waals surface area contributed by atoms with Crippen LogP contribution in [-0.4, -0.2) is 35.2 Å². The molecule has 0 aliphatic carbocycles. The third-order valence-electron chi connectivity index (χ3n) is 3.96. The van der Waals surface area contributed by atoms with Crippen molar-refractivity contribution in [3.05, 3.63) is 71.1 Å². The van der Waals surface area contributed by atoms with E-state index in [1.165, 1.54) is 0 Å². The lowest BCUT2D eigenvalue weighted by Crippen LogP contribution is -2.19. The average molecular weight is 412 g/mol. The summed E-state index contributed by atoms with van der Waals surface area (Å²) < 4.78 is 3.75. The minimum absolute atomic E-state index is 0.0105. The molecule has 0 radical (unpaired) electrons. The molecule has 1 aromatic carbocycles. The third-order valence-corrected chi connectivity index (χ3v) is 4.53. The van der Waals surface area contributed by atoms with Gasteiger partial charge in [-0.05, 0) is 48.6 Å². The van der Waals surface area contributed by atoms with Gasteiger partial charge in [0.1, 0.15) is 18.7 Å². The summed E-state index contributed by atoms with van der Waals surface area (Å²) in [5, 5.41) is 10.4. The summed E-state index contributed by atoms with van der Waals surface area (Å²) in [5.74, 6) is 1.02. The fourth-order valence-electron chi connectivity index (χ4n) is 2.64. The highest BCUT2D eigenvalue weighted by Gasteiger charge is 2.13. The zero-order valence-corrected chi connectivity index (χ0v) is 16.0. The minimum Gasteiger partial charge on any atom is -0.323 e. The van der Waals surface area contributed by atoms with E-state index >= 15 is 0 Å². The quantitative estimate of drug-likeness (QED) is 0.490. The van der Waals surface area contributed by atoms with Gasteiger partial charge in [-0.15, -0.1) is 0 Å². The summed E-state index contributed by atoms with van der Waals surface area (Å²) in [6.45, 7) is 0.0105. The summed E-state index contributed by atoms with van der Waals surface area (Å²) in [7, 11) is 0. The number of nitrogens with zero attached hydrogens (tertiary/aromatic N) is 5. The maximum atomic E-state index is 12.5. The van der Waals surface area contributed by atoms with Crippen LogP contribution >= 0.6 is 23.8 Å². The number of imidazole rings is 1. The average Bonchev–Trinajstić information content (AvgIpc) is 3.34. The van der Waals surface area contributed by atoms with Crippen LogP contribution in [0.2, 0.25) is 5.02 Å². The molecule has 0 saturated heterocycles. The van der Waals surface area contributed by atoms with Crippen LogP contribution in [0, 0.1) is 4.77 Å². The number of hydrogen-bond acceptors (Lipinski definition) is 5. The highest BCUT2D eigenvalue weighted by atomic mass is 35.5. The lowest BCUT2D eigenvalue weighted by molar-refractivity contribution is -0.116. The number of carbonyl (C=O) groups is 1. The number of carbonyl (C=O) groups excluding carboxylic acids is 1. The van der Waals surface area contributed by atoms with Crippen LogP contribution in [0.15, 0.2) is 61.3 Å². The second kappa shape index (κ2) is 7.75. The van der Waals surface area contributed by atoms with Crippen molar-refractivity contribution >= 4 is 35.4 Å². The zero-order valence-electron chi connectivity index (χ0n) is 14.4. The smallest absolute Gasteiger partial charge is 0.244 e. The first kappa shape index (κ1) is 18.1. The summed E-state index contributed by atoms with van der Waals surface area (Å²) in [4.78, 5) is 20.8. The Balaban J connectivity index is 1.49. The Hall–Kier alpha value is -3.30. The van der Waals surface area contributed by atoms with Crippen molar-refractivity contribution in [1.29, 1.82) is 0 Å². The van der Waals surface area contributed by atoms with Crippen LogP contribution in [0.5, 0.6) is 0 Å². The molecule has 3 aromatic heterocycles. The van der Waals surface area contributed by atoms with Gasteiger partial charge < -0.3 is 5.32 Å². The van der Waals surface area contributed by atoms with Gasteiger partial charge in [-0.3, -0.25) is 19.0 Å². The molecule has 10 heteroatoms. The van der Waals surface area contributed by atoms with E-state index in [2.05, 4.69) is 25.5 Å². The lowest BCUT2D eigenvalue weighted by atomic mass is 10.2. The van der Waals surface area contributed by atoms with Crippen molar-refractivity contribution in [2.24, 2.45) is 0 Å². The monoisotopic (exact) mass is 411 g/mol. The molecule has 1 amide bonds. The second-order valence-electron chi connectivity index (χ2n) is 5.87. The van der Waals surface area contributed by atoms with Gasteiger partial charge in [0, 0.05) is 23.0 Å². The first-order chi connectivity index (χ1) is 13.6. The van der Waals surface area contributed by atoms with E-state index in [4.69, 9.17) is 23.8 Å². The number of benzene rings is 1. The van der Waals surface area contributed by atoms with Gasteiger partial charge in [0.25, 0.3) is 0 Å². The molecule has 0 atom stereocenters. The number of anilines is 1. The predicted molar refractivity (Wildman–Crippen MR) is 108 cm³/mol. The maximum Gasteiger partial charge on any atom is 0.244 e. The number of halogens is 1. The Morgan fingerprint density at radius 2 is 2.04 bits per heavy atom. The predicted octanol–water partition coefficient (Wildman–Crippen LogP) is 3.48. The van der Waals surface area contributed by atoms with Crippen molar-refractivity contribution in [2.45, 2.75) is 6.54 Å². The van der Waals surface area contributed by atoms with Crippen molar-refractivity contribution in [1.82, 2.24) is 29.3 Å². The van der Waals surface area contributed by atoms with Gasteiger partial charge >= 0.3 is 0 Å². The fourth-order valence-corrected chi connectivity index (χ4v) is 2.96. The van der Waals surface area contributed by atoms with Gasteiger partial charge in [-0.1, -0.05) is 11.6 Å². The highest BCUT2D eigenvalue weighted by molar-refractivity contribution is 7.71. The Bertz CT molecular complexity index is 1150. The minimum atomic E-state index is -0.245. The normalized spacial score (nSPS) is 10.8. The number of rotatable bonds is 5. The standard InChI is InChI=1S/C18H14ClN7OS/c19-13-3-1-12(2-4-13)17-23-24-18(28)26(17)10-16(27)22-14-5-6-15(21-9-14)25-8-7-20-11-25/h1-9,11H,10H2,(H,22,27)(H,24,28). The molecule has 0 fully saturated rings. The number of H-pyrrole nitrogens is 1. The van der Waals surface area contributed by atoms with Gasteiger partial charge in [-0.2, -0.15) is 5.10 Å². The molecule has 0 aliphatic heterocycles. The topological polar surface area (TPSA) is 93.4 Å². The summed E-state index contributed by atoms with van der Waals surface area (Å²) >= 11 is 11.2. The molecular formula is C18H14ClN7OS. The number of pyridine rings is 1. The Labute approximate surface area is 169 Å². The van der Waals surface area contributed by atoms with Crippen LogP contribution in [0.4, 0.5) is 5.69 Å². The highest BCUT2D eigenvalue weighted by Crippen LogP contribution is 2.20. The van der Waals surface area contributed by atoms with Crippen LogP contribution in [0.25, 0.3) is 17.2 Å². The van der Waals surface area contributed by atoms with E-state index in [0.717, 1.165) is 5.56 Å². The molecule has 140 valence electrons. The maximum absolute atomic E-state index is 12.5. The van der Waals surface area contributed by atoms with Crippen molar-refractivity contribution in [3.63, 3.8) is 0 Å². The molecule has 0 unspecified atom stereocenters. The molecule has 0 spiro atoms. The van der Waals surface area contributed by atoms with Crippen molar-refractivity contribution in [3.8, 4) is 17.2 Å². The number of aromatic nitrogens is 6. The second-order valence-corrected chi connectivity index (χ2v) is 6.69. The van der Waals surface area contributed by atoms with E-state index in [9.17, 15) is 4.79 Å². The summed E-state index contributed by atoms with van der Waals surface area (Å²) in [5.41, 5.74) is 1.38. The molecule has 2 N–H and O–H groups in total. The zero-order chi connectivity index (χ0) is 19.5. The molecule has 0 aliphatic rings. The van der Waals surface area contributed by atoms with Gasteiger partial charge in [0.2, 0.25) is 5.91 Å². The summed E-state index contributed by atoms with van der Waals surface area (Å²) in [6, 6.07) is 10.7. The largest absolute Gasteiger partial charge is 0.323 e. The van der Waals surface area contributed by atoms with E-state index in [1.807, 2.05) is 12.1 Å². The van der Waals surface area contributed by atoms with E-state index < -0.39 is 0 Å². The van der Waals surface area contributed by atoms with E-state index in [-0.39, 0.29) is 12.5 Å². The van der Waals surface area contributed by atoms with Gasteiger partial charge in [-0.25, -0.2) is 9.97 Å². The van der Waals surface area contributed by atoms with Crippen molar-refractivity contribution in [2.75, 3.05) is 5.32 Å². The van der Waals surface area contributed by atoms with Crippen LogP contribution in [0.1, 0.15) is 0 Å². The SMILES string of the molecule is O=C(Cn1c(-c2ccc(Cl)cc2)n[nH]c1=S)Nc1ccc(-n2ccnc2)nc1. The number of hydrogen-bond donors (Lipinski definition) is 2. The van der Waals surface area contributed by atoms with Gasteiger partial charge in [0.05, 0.1) is 11.9 Å². The van der Waals surface area contributed by atoms with Crippen LogP contribution in [-0.2, 0) is 11.3 Å². The van der Waals surface area contributed by atoms with Gasteiger partial charge in [0.15, 0.2) is 10.6 Å². The van der Waals surface area contributed by atoms with E-state index in [1.54, 1.807) is 58.3 Å². The molecule has 0 saturated carbocycles. The first-order valence-corrected chi connectivity index (χ1v) is 9.04. The Kier molecular flexibility index (Phi) is 5.00. The Morgan fingerprint density at radius 3 is 2.71 bits per heavy atom. The summed E-state index contributed by atoms with van der Waals surface area (Å²) in [6.07, 6.45) is 6.70. The van der Waals surface area contributed by atoms with Crippen LogP contribution in [0.3, 0.4) is 0 Å². The first-order valence-electron chi connectivity index (χ1n) is 8.25. The molecular weight excluding hydrogens is 398 g/mol. The molecule has 4 aromatic rings. The molecule has 3 heterocycles. The Morgan fingerprint density at radius 1 is 1.21 bits per heavy atom. The molecule has 28 heavy (non-hydrogen) atoms. The molecule has 8 nitrogen and oxygen atoms in total. The number of nitrogens with one attached hydrogen (secondary N) is 2. The number of amides is 1. The molecule has 4 rings (SSSR count). The van der Waals surface area contributed by atoms with Crippen LogP contribution < -0.4 is 5.32 Å². The van der Waals surface area contributed by atoms with Crippen molar-refractivity contribution < 1.29 is 4.79 Å². The molecule has 0 bridgehead atoms.